The molecule has 2 aromatic rings. The Labute approximate surface area is 163 Å². The number of nitrogens with zero attached hydrogens (tertiary/aromatic N) is 1. The van der Waals surface area contributed by atoms with Gasteiger partial charge in [0.2, 0.25) is 5.91 Å². The van der Waals surface area contributed by atoms with Crippen LogP contribution < -0.4 is 15.4 Å². The number of hydrogen-bond acceptors (Lipinski definition) is 4. The summed E-state index contributed by atoms with van der Waals surface area (Å²) in [6.07, 6.45) is 0. The third kappa shape index (κ3) is 4.49. The number of urea groups is 1. The van der Waals surface area contributed by atoms with Gasteiger partial charge in [0.05, 0.1) is 25.7 Å². The number of benzene rings is 2. The molecule has 0 aliphatic carbocycles. The van der Waals surface area contributed by atoms with Gasteiger partial charge in [-0.25, -0.2) is 4.79 Å². The van der Waals surface area contributed by atoms with Crippen molar-refractivity contribution < 1.29 is 19.1 Å². The monoisotopic (exact) mass is 381 g/mol. The van der Waals surface area contributed by atoms with Crippen LogP contribution in [0, 0.1) is 0 Å². The molecule has 1 heterocycles. The first-order valence-electron chi connectivity index (χ1n) is 9.18. The number of nitrogens with one attached hydrogen (secondary N) is 2. The highest BCUT2D eigenvalue weighted by Gasteiger charge is 2.28. The van der Waals surface area contributed by atoms with Gasteiger partial charge in [0.25, 0.3) is 5.91 Å². The number of rotatable bonds is 7. The first-order chi connectivity index (χ1) is 13.5. The fourth-order valence-corrected chi connectivity index (χ4v) is 2.99. The van der Waals surface area contributed by atoms with Gasteiger partial charge in [-0.1, -0.05) is 24.3 Å². The molecule has 0 bridgehead atoms. The Morgan fingerprint density at radius 1 is 1.21 bits per heavy atom. The van der Waals surface area contributed by atoms with Crippen LogP contribution >= 0.6 is 0 Å². The van der Waals surface area contributed by atoms with Crippen molar-refractivity contribution in [3.8, 4) is 5.75 Å². The molecule has 1 saturated heterocycles. The van der Waals surface area contributed by atoms with E-state index in [1.165, 1.54) is 0 Å². The van der Waals surface area contributed by atoms with E-state index in [9.17, 15) is 14.4 Å². The second kappa shape index (κ2) is 8.56. The number of carbonyl (C=O) groups excluding carboxylic acids is 3. The molecule has 2 aromatic carbocycles. The topological polar surface area (TPSA) is 87.7 Å². The number of amides is 4. The van der Waals surface area contributed by atoms with E-state index in [0.717, 1.165) is 16.2 Å². The lowest BCUT2D eigenvalue weighted by molar-refractivity contribution is -0.125. The fourth-order valence-electron chi connectivity index (χ4n) is 2.99. The van der Waals surface area contributed by atoms with Gasteiger partial charge in [0.1, 0.15) is 5.75 Å². The van der Waals surface area contributed by atoms with E-state index in [1.54, 1.807) is 24.3 Å². The molecule has 1 aliphatic heterocycles. The van der Waals surface area contributed by atoms with E-state index in [0.29, 0.717) is 17.7 Å². The van der Waals surface area contributed by atoms with Crippen LogP contribution in [0.4, 0.5) is 4.79 Å². The average molecular weight is 381 g/mol. The largest absolute Gasteiger partial charge is 0.494 e. The molecule has 1 atom stereocenters. The molecule has 0 spiro atoms. The van der Waals surface area contributed by atoms with Gasteiger partial charge in [-0.15, -0.1) is 0 Å². The lowest BCUT2D eigenvalue weighted by Gasteiger charge is -2.16. The van der Waals surface area contributed by atoms with E-state index in [2.05, 4.69) is 10.6 Å². The summed E-state index contributed by atoms with van der Waals surface area (Å²) in [5.41, 5.74) is 2.15. The van der Waals surface area contributed by atoms with Crippen molar-refractivity contribution in [3.05, 3.63) is 65.2 Å². The molecule has 0 unspecified atom stereocenters. The maximum Gasteiger partial charge on any atom is 0.324 e. The summed E-state index contributed by atoms with van der Waals surface area (Å²) >= 11 is 0. The van der Waals surface area contributed by atoms with E-state index in [1.807, 2.05) is 38.1 Å². The van der Waals surface area contributed by atoms with E-state index in [4.69, 9.17) is 4.74 Å². The van der Waals surface area contributed by atoms with Crippen molar-refractivity contribution in [2.24, 2.45) is 0 Å². The van der Waals surface area contributed by atoms with Crippen LogP contribution in [0.25, 0.3) is 0 Å². The average Bonchev–Trinajstić information content (AvgIpc) is 3.01. The van der Waals surface area contributed by atoms with E-state index in [-0.39, 0.29) is 30.9 Å². The standard InChI is InChI=1S/C21H23N3O4/c1-3-28-18-9-7-16(8-10-18)14(2)23-20(26)17-6-4-5-15(11-17)13-24-19(25)12-22-21(24)27/h4-11,14H,3,12-13H2,1-2H3,(H,22,27)(H,23,26)/t14-/m0/s1. The Hall–Kier alpha value is -3.35. The molecule has 2 N–H and O–H groups in total. The molecule has 146 valence electrons. The van der Waals surface area contributed by atoms with Gasteiger partial charge in [-0.2, -0.15) is 0 Å². The van der Waals surface area contributed by atoms with E-state index >= 15 is 0 Å². The van der Waals surface area contributed by atoms with Crippen molar-refractivity contribution >= 4 is 17.8 Å². The molecular weight excluding hydrogens is 358 g/mol. The van der Waals surface area contributed by atoms with Crippen molar-refractivity contribution in [3.63, 3.8) is 0 Å². The molecule has 28 heavy (non-hydrogen) atoms. The van der Waals surface area contributed by atoms with Crippen LogP contribution in [0.15, 0.2) is 48.5 Å². The minimum Gasteiger partial charge on any atom is -0.494 e. The molecule has 0 radical (unpaired) electrons. The quantitative estimate of drug-likeness (QED) is 0.722. The molecule has 1 fully saturated rings. The molecule has 7 nitrogen and oxygen atoms in total. The summed E-state index contributed by atoms with van der Waals surface area (Å²) in [4.78, 5) is 37.2. The fraction of sp³-hybridized carbons (Fsp3) is 0.286. The van der Waals surface area contributed by atoms with E-state index < -0.39 is 6.03 Å². The third-order valence-electron chi connectivity index (χ3n) is 4.51. The van der Waals surface area contributed by atoms with Crippen molar-refractivity contribution in [2.75, 3.05) is 13.2 Å². The summed E-state index contributed by atoms with van der Waals surface area (Å²) in [5, 5.41) is 5.45. The van der Waals surface area contributed by atoms with Gasteiger partial charge in [-0.3, -0.25) is 14.5 Å². The Morgan fingerprint density at radius 2 is 1.96 bits per heavy atom. The molecule has 3 rings (SSSR count). The van der Waals surface area contributed by atoms with Gasteiger partial charge in [0, 0.05) is 5.56 Å². The van der Waals surface area contributed by atoms with Crippen LogP contribution in [0.3, 0.4) is 0 Å². The molecule has 0 aromatic heterocycles. The predicted octanol–water partition coefficient (Wildman–Crippen LogP) is 2.63. The smallest absolute Gasteiger partial charge is 0.324 e. The number of hydrogen-bond donors (Lipinski definition) is 2. The molecular formula is C21H23N3O4. The second-order valence-electron chi connectivity index (χ2n) is 6.54. The minimum atomic E-state index is -0.413. The third-order valence-corrected chi connectivity index (χ3v) is 4.51. The Kier molecular flexibility index (Phi) is 5.93. The van der Waals surface area contributed by atoms with Crippen LogP contribution in [0.2, 0.25) is 0 Å². The highest BCUT2D eigenvalue weighted by Crippen LogP contribution is 2.18. The van der Waals surface area contributed by atoms with Crippen LogP contribution in [0.5, 0.6) is 5.75 Å². The molecule has 4 amide bonds. The molecule has 0 saturated carbocycles. The summed E-state index contributed by atoms with van der Waals surface area (Å²) < 4.78 is 5.43. The lowest BCUT2D eigenvalue weighted by Crippen LogP contribution is -2.30. The first-order valence-corrected chi connectivity index (χ1v) is 9.18. The minimum absolute atomic E-state index is 0.0125. The highest BCUT2D eigenvalue weighted by molar-refractivity contribution is 6.02. The second-order valence-corrected chi connectivity index (χ2v) is 6.54. The number of ether oxygens (including phenoxy) is 1. The Balaban J connectivity index is 1.65. The van der Waals surface area contributed by atoms with Gasteiger partial charge >= 0.3 is 6.03 Å². The Bertz CT molecular complexity index is 863. The number of imide groups is 1. The zero-order valence-corrected chi connectivity index (χ0v) is 15.9. The van der Waals surface area contributed by atoms with Crippen LogP contribution in [0.1, 0.15) is 41.4 Å². The van der Waals surface area contributed by atoms with Crippen LogP contribution in [-0.2, 0) is 11.3 Å². The SMILES string of the molecule is CCOc1ccc([C@H](C)NC(=O)c2cccc(CN3C(=O)CNC3=O)c2)cc1. The van der Waals surface area contributed by atoms with Gasteiger partial charge in [-0.05, 0) is 49.2 Å². The van der Waals surface area contributed by atoms with Crippen molar-refractivity contribution in [2.45, 2.75) is 26.4 Å². The zero-order valence-electron chi connectivity index (χ0n) is 15.9. The Morgan fingerprint density at radius 3 is 2.61 bits per heavy atom. The van der Waals surface area contributed by atoms with Crippen molar-refractivity contribution in [1.29, 1.82) is 0 Å². The van der Waals surface area contributed by atoms with Gasteiger partial charge < -0.3 is 15.4 Å². The normalized spacial score (nSPS) is 14.6. The first kappa shape index (κ1) is 19.4. The maximum atomic E-state index is 12.6. The summed E-state index contributed by atoms with van der Waals surface area (Å²) in [5.74, 6) is 0.294. The van der Waals surface area contributed by atoms with Crippen molar-refractivity contribution in [1.82, 2.24) is 15.5 Å². The maximum absolute atomic E-state index is 12.6. The summed E-state index contributed by atoms with van der Waals surface area (Å²) in [6, 6.07) is 13.9. The molecule has 7 heteroatoms. The predicted molar refractivity (Wildman–Crippen MR) is 104 cm³/mol. The zero-order chi connectivity index (χ0) is 20.1. The summed E-state index contributed by atoms with van der Waals surface area (Å²) in [6.45, 7) is 4.59. The highest BCUT2D eigenvalue weighted by atomic mass is 16.5. The van der Waals surface area contributed by atoms with Gasteiger partial charge in [0.15, 0.2) is 0 Å². The van der Waals surface area contributed by atoms with Crippen LogP contribution in [-0.4, -0.2) is 35.9 Å². The lowest BCUT2D eigenvalue weighted by atomic mass is 10.1. The number of carbonyl (C=O) groups is 3. The summed E-state index contributed by atoms with van der Waals surface area (Å²) in [7, 11) is 0. The molecule has 1 aliphatic rings.